The number of hydrogen-bond acceptors (Lipinski definition) is 2. The van der Waals surface area contributed by atoms with E-state index in [0.717, 1.165) is 25.9 Å². The van der Waals surface area contributed by atoms with Crippen molar-refractivity contribution in [2.45, 2.75) is 19.8 Å². The molecule has 2 rings (SSSR count). The van der Waals surface area contributed by atoms with E-state index in [1.165, 1.54) is 12.3 Å². The van der Waals surface area contributed by atoms with E-state index in [1.54, 1.807) is 11.0 Å². The lowest BCUT2D eigenvalue weighted by atomic mass is 10.00. The minimum absolute atomic E-state index is 0.0900. The molecule has 1 aromatic rings. The van der Waals surface area contributed by atoms with Gasteiger partial charge >= 0.3 is 0 Å². The maximum atomic E-state index is 12.9. The number of carbonyl (C=O) groups excluding carboxylic acids is 1. The van der Waals surface area contributed by atoms with Crippen LogP contribution in [0.4, 0.5) is 4.39 Å². The highest BCUT2D eigenvalue weighted by Gasteiger charge is 2.22. The largest absolute Gasteiger partial charge is 0.338 e. The molecule has 0 N–H and O–H groups in total. The average Bonchev–Trinajstić information content (AvgIpc) is 2.28. The van der Waals surface area contributed by atoms with Crippen LogP contribution in [0.3, 0.4) is 0 Å². The van der Waals surface area contributed by atoms with Crippen molar-refractivity contribution in [3.05, 3.63) is 29.8 Å². The summed E-state index contributed by atoms with van der Waals surface area (Å²) in [6, 6.07) is 2.76. The number of piperidine rings is 1. The Balaban J connectivity index is 2.12. The standard InChI is InChI=1S/C12H15FN2O/c1-9-3-2-6-15(8-9)12(16)10-4-5-14-11(13)7-10/h4-5,7,9H,2-3,6,8H2,1H3. The zero-order valence-electron chi connectivity index (χ0n) is 9.32. The van der Waals surface area contributed by atoms with Crippen LogP contribution in [0.15, 0.2) is 18.3 Å². The maximum absolute atomic E-state index is 12.9. The second-order valence-electron chi connectivity index (χ2n) is 4.37. The second kappa shape index (κ2) is 4.60. The van der Waals surface area contributed by atoms with Gasteiger partial charge in [-0.05, 0) is 24.8 Å². The Hall–Kier alpha value is -1.45. The first-order valence-corrected chi connectivity index (χ1v) is 5.57. The molecule has 0 aliphatic carbocycles. The molecule has 1 aromatic heterocycles. The number of rotatable bonds is 1. The lowest BCUT2D eigenvalue weighted by Crippen LogP contribution is -2.39. The summed E-state index contributed by atoms with van der Waals surface area (Å²) in [5, 5.41) is 0. The molecule has 4 heteroatoms. The predicted octanol–water partition coefficient (Wildman–Crippen LogP) is 2.09. The lowest BCUT2D eigenvalue weighted by Gasteiger charge is -2.30. The molecule has 1 aliphatic rings. The van der Waals surface area contributed by atoms with Crippen LogP contribution < -0.4 is 0 Å². The molecule has 2 heterocycles. The average molecular weight is 222 g/mol. The van der Waals surface area contributed by atoms with Crippen LogP contribution in [0.2, 0.25) is 0 Å². The van der Waals surface area contributed by atoms with Gasteiger partial charge < -0.3 is 4.90 Å². The number of amides is 1. The molecule has 1 saturated heterocycles. The summed E-state index contributed by atoms with van der Waals surface area (Å²) in [4.78, 5) is 17.3. The van der Waals surface area contributed by atoms with Crippen molar-refractivity contribution < 1.29 is 9.18 Å². The third-order valence-corrected chi connectivity index (χ3v) is 2.92. The van der Waals surface area contributed by atoms with Crippen LogP contribution >= 0.6 is 0 Å². The quantitative estimate of drug-likeness (QED) is 0.682. The van der Waals surface area contributed by atoms with E-state index in [0.29, 0.717) is 11.5 Å². The van der Waals surface area contributed by atoms with E-state index < -0.39 is 5.95 Å². The molecule has 0 saturated carbocycles. The molecule has 1 amide bonds. The third-order valence-electron chi connectivity index (χ3n) is 2.92. The fourth-order valence-corrected chi connectivity index (χ4v) is 2.09. The zero-order chi connectivity index (χ0) is 11.5. The molecule has 0 bridgehead atoms. The molecular weight excluding hydrogens is 207 g/mol. The van der Waals surface area contributed by atoms with Gasteiger partial charge in [-0.1, -0.05) is 6.92 Å². The monoisotopic (exact) mass is 222 g/mol. The number of nitrogens with zero attached hydrogens (tertiary/aromatic N) is 2. The molecule has 16 heavy (non-hydrogen) atoms. The Labute approximate surface area is 94.3 Å². The first-order valence-electron chi connectivity index (χ1n) is 5.57. The normalized spacial score (nSPS) is 20.9. The summed E-state index contributed by atoms with van der Waals surface area (Å²) in [5.41, 5.74) is 0.390. The van der Waals surface area contributed by atoms with Crippen molar-refractivity contribution in [1.29, 1.82) is 0 Å². The van der Waals surface area contributed by atoms with E-state index >= 15 is 0 Å². The van der Waals surface area contributed by atoms with Gasteiger partial charge in [0.05, 0.1) is 0 Å². The molecule has 0 spiro atoms. The molecule has 0 radical (unpaired) electrons. The number of pyridine rings is 1. The van der Waals surface area contributed by atoms with E-state index in [-0.39, 0.29) is 5.91 Å². The highest BCUT2D eigenvalue weighted by molar-refractivity contribution is 5.94. The van der Waals surface area contributed by atoms with Crippen LogP contribution in [-0.2, 0) is 0 Å². The van der Waals surface area contributed by atoms with Gasteiger partial charge in [-0.3, -0.25) is 4.79 Å². The molecule has 1 atom stereocenters. The van der Waals surface area contributed by atoms with Crippen LogP contribution in [0, 0.1) is 11.9 Å². The number of carbonyl (C=O) groups is 1. The first-order chi connectivity index (χ1) is 7.66. The Bertz CT molecular complexity index is 394. The molecule has 1 aliphatic heterocycles. The number of aromatic nitrogens is 1. The van der Waals surface area contributed by atoms with Crippen molar-refractivity contribution in [2.24, 2.45) is 5.92 Å². The third kappa shape index (κ3) is 2.38. The van der Waals surface area contributed by atoms with Gasteiger partial charge in [0.15, 0.2) is 0 Å². The Kier molecular flexibility index (Phi) is 3.17. The van der Waals surface area contributed by atoms with E-state index in [2.05, 4.69) is 11.9 Å². The summed E-state index contributed by atoms with van der Waals surface area (Å²) in [7, 11) is 0. The van der Waals surface area contributed by atoms with Crippen molar-refractivity contribution in [3.8, 4) is 0 Å². The molecule has 3 nitrogen and oxygen atoms in total. The van der Waals surface area contributed by atoms with Gasteiger partial charge in [-0.2, -0.15) is 4.39 Å². The van der Waals surface area contributed by atoms with Gasteiger partial charge in [0, 0.05) is 30.9 Å². The van der Waals surface area contributed by atoms with Gasteiger partial charge in [0.1, 0.15) is 0 Å². The van der Waals surface area contributed by atoms with Crippen LogP contribution in [-0.4, -0.2) is 28.9 Å². The van der Waals surface area contributed by atoms with E-state index in [1.807, 2.05) is 0 Å². The Morgan fingerprint density at radius 3 is 3.12 bits per heavy atom. The van der Waals surface area contributed by atoms with Crippen molar-refractivity contribution >= 4 is 5.91 Å². The van der Waals surface area contributed by atoms with Crippen molar-refractivity contribution in [1.82, 2.24) is 9.88 Å². The fourth-order valence-electron chi connectivity index (χ4n) is 2.09. The second-order valence-corrected chi connectivity index (χ2v) is 4.37. The summed E-state index contributed by atoms with van der Waals surface area (Å²) >= 11 is 0. The van der Waals surface area contributed by atoms with Crippen LogP contribution in [0.1, 0.15) is 30.1 Å². The molecular formula is C12H15FN2O. The Morgan fingerprint density at radius 1 is 1.62 bits per heavy atom. The van der Waals surface area contributed by atoms with Crippen LogP contribution in [0.25, 0.3) is 0 Å². The fraction of sp³-hybridized carbons (Fsp3) is 0.500. The lowest BCUT2D eigenvalue weighted by molar-refractivity contribution is 0.0682. The molecule has 0 aromatic carbocycles. The topological polar surface area (TPSA) is 33.2 Å². The highest BCUT2D eigenvalue weighted by Crippen LogP contribution is 2.17. The minimum Gasteiger partial charge on any atom is -0.338 e. The summed E-state index contributed by atoms with van der Waals surface area (Å²) in [6.45, 7) is 3.67. The van der Waals surface area contributed by atoms with Gasteiger partial charge in [-0.15, -0.1) is 0 Å². The first kappa shape index (κ1) is 11.0. The Morgan fingerprint density at radius 2 is 2.44 bits per heavy atom. The van der Waals surface area contributed by atoms with Gasteiger partial charge in [-0.25, -0.2) is 4.98 Å². The summed E-state index contributed by atoms with van der Waals surface area (Å²) < 4.78 is 12.9. The zero-order valence-corrected chi connectivity index (χ0v) is 9.32. The van der Waals surface area contributed by atoms with Gasteiger partial charge in [0.2, 0.25) is 5.95 Å². The SMILES string of the molecule is CC1CCCN(C(=O)c2ccnc(F)c2)C1. The van der Waals surface area contributed by atoms with Crippen molar-refractivity contribution in [3.63, 3.8) is 0 Å². The number of hydrogen-bond donors (Lipinski definition) is 0. The van der Waals surface area contributed by atoms with Gasteiger partial charge in [0.25, 0.3) is 5.91 Å². The number of likely N-dealkylation sites (tertiary alicyclic amines) is 1. The smallest absolute Gasteiger partial charge is 0.254 e. The summed E-state index contributed by atoms with van der Waals surface area (Å²) in [5.74, 6) is -0.159. The predicted molar refractivity (Wildman–Crippen MR) is 58.5 cm³/mol. The maximum Gasteiger partial charge on any atom is 0.254 e. The highest BCUT2D eigenvalue weighted by atomic mass is 19.1. The van der Waals surface area contributed by atoms with E-state index in [9.17, 15) is 9.18 Å². The van der Waals surface area contributed by atoms with Crippen molar-refractivity contribution in [2.75, 3.05) is 13.1 Å². The summed E-state index contributed by atoms with van der Waals surface area (Å²) in [6.07, 6.45) is 3.52. The minimum atomic E-state index is -0.601. The molecule has 86 valence electrons. The van der Waals surface area contributed by atoms with E-state index in [4.69, 9.17) is 0 Å². The number of halogens is 1. The van der Waals surface area contributed by atoms with Crippen LogP contribution in [0.5, 0.6) is 0 Å². The molecule has 1 unspecified atom stereocenters. The molecule has 1 fully saturated rings.